The van der Waals surface area contributed by atoms with Crippen molar-refractivity contribution in [1.82, 2.24) is 4.90 Å². The van der Waals surface area contributed by atoms with Crippen LogP contribution in [0.5, 0.6) is 0 Å². The molecule has 1 rings (SSSR count). The molecule has 0 aromatic heterocycles. The van der Waals surface area contributed by atoms with Gasteiger partial charge in [-0.15, -0.1) is 0 Å². The zero-order chi connectivity index (χ0) is 15.2. The number of sulfonamides is 1. The maximum Gasteiger partial charge on any atom is 0.255 e. The van der Waals surface area contributed by atoms with Crippen molar-refractivity contribution in [3.05, 3.63) is 29.8 Å². The number of ether oxygens (including phenoxy) is 1. The Labute approximate surface area is 119 Å². The maximum atomic E-state index is 12.4. The minimum absolute atomic E-state index is 0.0911. The molecule has 112 valence electrons. The first-order valence-corrected chi connectivity index (χ1v) is 7.95. The molecule has 6 nitrogen and oxygen atoms in total. The molecular formula is C13H20N2O4S. The van der Waals surface area contributed by atoms with Crippen molar-refractivity contribution in [2.24, 2.45) is 5.14 Å². The molecule has 0 saturated heterocycles. The molecule has 0 saturated carbocycles. The van der Waals surface area contributed by atoms with Crippen molar-refractivity contribution < 1.29 is 17.9 Å². The molecule has 0 heterocycles. The number of primary sulfonamides is 1. The van der Waals surface area contributed by atoms with Crippen LogP contribution in [-0.2, 0) is 14.8 Å². The molecule has 20 heavy (non-hydrogen) atoms. The molecule has 2 N–H and O–H groups in total. The normalized spacial score (nSPS) is 11.3. The van der Waals surface area contributed by atoms with E-state index in [-0.39, 0.29) is 16.4 Å². The molecule has 0 spiro atoms. The number of rotatable bonds is 7. The molecule has 0 radical (unpaired) electrons. The zero-order valence-corrected chi connectivity index (χ0v) is 12.5. The monoisotopic (exact) mass is 300 g/mol. The fraction of sp³-hybridized carbons (Fsp3) is 0.462. The average molecular weight is 300 g/mol. The fourth-order valence-electron chi connectivity index (χ4n) is 1.78. The van der Waals surface area contributed by atoms with Crippen LogP contribution in [0.1, 0.15) is 24.2 Å². The third kappa shape index (κ3) is 4.29. The van der Waals surface area contributed by atoms with Gasteiger partial charge in [-0.25, -0.2) is 13.6 Å². The maximum absolute atomic E-state index is 12.4. The lowest BCUT2D eigenvalue weighted by Gasteiger charge is -2.21. The molecular weight excluding hydrogens is 280 g/mol. The van der Waals surface area contributed by atoms with Gasteiger partial charge in [0.25, 0.3) is 5.91 Å². The van der Waals surface area contributed by atoms with Gasteiger partial charge in [-0.1, -0.05) is 12.1 Å². The van der Waals surface area contributed by atoms with E-state index in [1.807, 2.05) is 13.8 Å². The number of nitrogens with zero attached hydrogens (tertiary/aromatic N) is 1. The van der Waals surface area contributed by atoms with Crippen molar-refractivity contribution in [2.75, 3.05) is 26.3 Å². The van der Waals surface area contributed by atoms with E-state index in [2.05, 4.69) is 0 Å². The van der Waals surface area contributed by atoms with E-state index in [9.17, 15) is 13.2 Å². The van der Waals surface area contributed by atoms with Gasteiger partial charge in [0.05, 0.1) is 17.1 Å². The van der Waals surface area contributed by atoms with Crippen molar-refractivity contribution in [1.29, 1.82) is 0 Å². The predicted molar refractivity (Wildman–Crippen MR) is 75.9 cm³/mol. The lowest BCUT2D eigenvalue weighted by molar-refractivity contribution is 0.0665. The number of hydrogen-bond donors (Lipinski definition) is 1. The second-order valence-electron chi connectivity index (χ2n) is 4.12. The summed E-state index contributed by atoms with van der Waals surface area (Å²) in [5.41, 5.74) is 0.0911. The molecule has 1 aromatic carbocycles. The first-order valence-electron chi connectivity index (χ1n) is 6.40. The Bertz CT molecular complexity index is 557. The summed E-state index contributed by atoms with van der Waals surface area (Å²) in [6.07, 6.45) is 0. The Morgan fingerprint density at radius 2 is 1.95 bits per heavy atom. The van der Waals surface area contributed by atoms with E-state index in [0.717, 1.165) is 0 Å². The van der Waals surface area contributed by atoms with Crippen LogP contribution < -0.4 is 5.14 Å². The van der Waals surface area contributed by atoms with Crippen LogP contribution in [0.3, 0.4) is 0 Å². The molecule has 0 unspecified atom stereocenters. The lowest BCUT2D eigenvalue weighted by atomic mass is 10.2. The fourth-order valence-corrected chi connectivity index (χ4v) is 2.51. The van der Waals surface area contributed by atoms with Gasteiger partial charge in [-0.3, -0.25) is 4.79 Å². The number of hydrogen-bond acceptors (Lipinski definition) is 4. The summed E-state index contributed by atoms with van der Waals surface area (Å²) >= 11 is 0. The number of nitrogens with two attached hydrogens (primary N) is 1. The quantitative estimate of drug-likeness (QED) is 0.755. The van der Waals surface area contributed by atoms with Gasteiger partial charge in [0.15, 0.2) is 0 Å². The van der Waals surface area contributed by atoms with Gasteiger partial charge in [-0.05, 0) is 26.0 Å². The molecule has 0 bridgehead atoms. The van der Waals surface area contributed by atoms with Crippen molar-refractivity contribution in [3.8, 4) is 0 Å². The second kappa shape index (κ2) is 7.37. The molecule has 0 fully saturated rings. The van der Waals surface area contributed by atoms with Gasteiger partial charge in [-0.2, -0.15) is 0 Å². The van der Waals surface area contributed by atoms with Crippen LogP contribution in [0.4, 0.5) is 0 Å². The summed E-state index contributed by atoms with van der Waals surface area (Å²) in [5.74, 6) is -0.364. The molecule has 0 aliphatic carbocycles. The first-order chi connectivity index (χ1) is 9.41. The van der Waals surface area contributed by atoms with Crippen LogP contribution in [0.2, 0.25) is 0 Å². The van der Waals surface area contributed by atoms with E-state index < -0.39 is 10.0 Å². The van der Waals surface area contributed by atoms with Crippen LogP contribution >= 0.6 is 0 Å². The van der Waals surface area contributed by atoms with Crippen molar-refractivity contribution >= 4 is 15.9 Å². The molecule has 1 amide bonds. The highest BCUT2D eigenvalue weighted by atomic mass is 32.2. The average Bonchev–Trinajstić information content (AvgIpc) is 2.42. The Morgan fingerprint density at radius 3 is 2.50 bits per heavy atom. The highest BCUT2D eigenvalue weighted by Gasteiger charge is 2.22. The van der Waals surface area contributed by atoms with E-state index in [1.165, 1.54) is 23.1 Å². The summed E-state index contributed by atoms with van der Waals surface area (Å²) in [6.45, 7) is 5.54. The van der Waals surface area contributed by atoms with E-state index in [4.69, 9.17) is 9.88 Å². The number of carbonyl (C=O) groups excluding carboxylic acids is 1. The number of likely N-dealkylation sites (N-methyl/N-ethyl adjacent to an activating group) is 1. The Hall–Kier alpha value is -1.44. The number of benzene rings is 1. The topological polar surface area (TPSA) is 89.7 Å². The van der Waals surface area contributed by atoms with Crippen molar-refractivity contribution in [2.45, 2.75) is 18.7 Å². The standard InChI is InChI=1S/C13H20N2O4S/c1-3-15(9-10-19-4-2)13(16)11-7-5-6-8-12(11)20(14,17)18/h5-8H,3-4,9-10H2,1-2H3,(H2,14,17,18). The Kier molecular flexibility index (Phi) is 6.12. The Balaban J connectivity index is 3.01. The van der Waals surface area contributed by atoms with E-state index in [0.29, 0.717) is 26.3 Å². The van der Waals surface area contributed by atoms with Crippen LogP contribution in [-0.4, -0.2) is 45.5 Å². The van der Waals surface area contributed by atoms with Gasteiger partial charge in [0, 0.05) is 19.7 Å². The SMILES string of the molecule is CCOCCN(CC)C(=O)c1ccccc1S(N)(=O)=O. The molecule has 0 aliphatic rings. The van der Waals surface area contributed by atoms with Crippen LogP contribution in [0.25, 0.3) is 0 Å². The van der Waals surface area contributed by atoms with Gasteiger partial charge in [0.2, 0.25) is 10.0 Å². The highest BCUT2D eigenvalue weighted by molar-refractivity contribution is 7.89. The summed E-state index contributed by atoms with van der Waals surface area (Å²) in [6, 6.07) is 5.94. The van der Waals surface area contributed by atoms with E-state index in [1.54, 1.807) is 6.07 Å². The molecule has 1 aromatic rings. The van der Waals surface area contributed by atoms with Crippen LogP contribution in [0.15, 0.2) is 29.2 Å². The van der Waals surface area contributed by atoms with Crippen LogP contribution in [0, 0.1) is 0 Å². The van der Waals surface area contributed by atoms with Gasteiger partial charge in [0.1, 0.15) is 0 Å². The summed E-state index contributed by atoms with van der Waals surface area (Å²) < 4.78 is 28.2. The minimum Gasteiger partial charge on any atom is -0.380 e. The van der Waals surface area contributed by atoms with E-state index >= 15 is 0 Å². The molecule has 0 aliphatic heterocycles. The Morgan fingerprint density at radius 1 is 1.30 bits per heavy atom. The summed E-state index contributed by atoms with van der Waals surface area (Å²) in [4.78, 5) is 13.8. The first kappa shape index (κ1) is 16.6. The number of carbonyl (C=O) groups is 1. The van der Waals surface area contributed by atoms with Gasteiger partial charge >= 0.3 is 0 Å². The highest BCUT2D eigenvalue weighted by Crippen LogP contribution is 2.16. The minimum atomic E-state index is -3.92. The summed E-state index contributed by atoms with van der Waals surface area (Å²) in [7, 11) is -3.92. The molecule has 7 heteroatoms. The zero-order valence-electron chi connectivity index (χ0n) is 11.7. The predicted octanol–water partition coefficient (Wildman–Crippen LogP) is 0.833. The smallest absolute Gasteiger partial charge is 0.255 e. The third-order valence-corrected chi connectivity index (χ3v) is 3.77. The molecule has 0 atom stereocenters. The largest absolute Gasteiger partial charge is 0.380 e. The van der Waals surface area contributed by atoms with Gasteiger partial charge < -0.3 is 9.64 Å². The summed E-state index contributed by atoms with van der Waals surface area (Å²) in [5, 5.41) is 5.14. The second-order valence-corrected chi connectivity index (χ2v) is 5.65. The third-order valence-electron chi connectivity index (χ3n) is 2.80. The van der Waals surface area contributed by atoms with Crippen molar-refractivity contribution in [3.63, 3.8) is 0 Å². The number of amides is 1. The lowest BCUT2D eigenvalue weighted by Crippen LogP contribution is -2.35.